The quantitative estimate of drug-likeness (QED) is 0.145. The second-order valence-electron chi connectivity index (χ2n) is 11.4. The van der Waals surface area contributed by atoms with Crippen LogP contribution in [0.25, 0.3) is 0 Å². The first-order valence-corrected chi connectivity index (χ1v) is 14.1. The summed E-state index contributed by atoms with van der Waals surface area (Å²) in [5, 5.41) is 32.5. The third kappa shape index (κ3) is 7.09. The van der Waals surface area contributed by atoms with Crippen molar-refractivity contribution >= 4 is 29.6 Å². The number of carbonyl (C=O) groups is 5. The Morgan fingerprint density at radius 2 is 1.52 bits per heavy atom. The van der Waals surface area contributed by atoms with Gasteiger partial charge in [0.25, 0.3) is 0 Å². The molecule has 3 rings (SSSR count). The number of nitrogens with one attached hydrogen (secondary N) is 1. The molecule has 0 aromatic heterocycles. The maximum absolute atomic E-state index is 13.6. The van der Waals surface area contributed by atoms with Crippen LogP contribution in [0.5, 0.6) is 0 Å². The summed E-state index contributed by atoms with van der Waals surface area (Å²) in [5.74, 6) is -3.76. The molecule has 3 fully saturated rings. The SMILES string of the molecule is CC(C)[C@H](NC(=O)[C@@H]1C[C@@H](O)CN1C(=O)[C@@H]1CCCN1C(=O)[C@@H](N)CCCCN)C(=O)N1C[C@H](O)C[C@H]1C(=O)O. The molecule has 7 atom stereocenters. The summed E-state index contributed by atoms with van der Waals surface area (Å²) < 4.78 is 0. The predicted molar refractivity (Wildman–Crippen MR) is 142 cm³/mol. The summed E-state index contributed by atoms with van der Waals surface area (Å²) in [7, 11) is 0. The van der Waals surface area contributed by atoms with Crippen LogP contribution >= 0.6 is 0 Å². The van der Waals surface area contributed by atoms with Crippen molar-refractivity contribution in [1.82, 2.24) is 20.0 Å². The molecule has 0 aromatic carbocycles. The van der Waals surface area contributed by atoms with Gasteiger partial charge in [-0.05, 0) is 38.1 Å². The lowest BCUT2D eigenvalue weighted by molar-refractivity contribution is -0.150. The Kier molecular flexibility index (Phi) is 10.9. The summed E-state index contributed by atoms with van der Waals surface area (Å²) in [5.41, 5.74) is 11.6. The number of likely N-dealkylation sites (tertiary alicyclic amines) is 3. The molecule has 3 aliphatic rings. The van der Waals surface area contributed by atoms with Crippen LogP contribution in [-0.2, 0) is 24.0 Å². The van der Waals surface area contributed by atoms with E-state index in [1.165, 1.54) is 9.80 Å². The van der Waals surface area contributed by atoms with Gasteiger partial charge < -0.3 is 46.8 Å². The highest BCUT2D eigenvalue weighted by molar-refractivity contribution is 5.96. The molecule has 0 radical (unpaired) electrons. The van der Waals surface area contributed by atoms with Crippen LogP contribution in [0.15, 0.2) is 0 Å². The number of nitrogens with zero attached hydrogens (tertiary/aromatic N) is 3. The van der Waals surface area contributed by atoms with Crippen LogP contribution in [0.4, 0.5) is 0 Å². The number of aliphatic carboxylic acids is 1. The highest BCUT2D eigenvalue weighted by Gasteiger charge is 2.47. The molecule has 0 bridgehead atoms. The van der Waals surface area contributed by atoms with Gasteiger partial charge in [-0.15, -0.1) is 0 Å². The van der Waals surface area contributed by atoms with Gasteiger partial charge in [-0.25, -0.2) is 4.79 Å². The van der Waals surface area contributed by atoms with E-state index in [-0.39, 0.29) is 31.8 Å². The van der Waals surface area contributed by atoms with Crippen molar-refractivity contribution in [2.75, 3.05) is 26.2 Å². The number of hydrogen-bond acceptors (Lipinski definition) is 9. The average molecular weight is 569 g/mol. The van der Waals surface area contributed by atoms with E-state index in [0.29, 0.717) is 38.8 Å². The molecular formula is C26H44N6O8. The van der Waals surface area contributed by atoms with Crippen molar-refractivity contribution in [1.29, 1.82) is 0 Å². The average Bonchev–Trinajstić information content (AvgIpc) is 3.64. The Bertz CT molecular complexity index is 963. The second-order valence-corrected chi connectivity index (χ2v) is 11.4. The summed E-state index contributed by atoms with van der Waals surface area (Å²) in [6.07, 6.45) is 0.766. The number of aliphatic hydroxyl groups excluding tert-OH is 2. The van der Waals surface area contributed by atoms with Gasteiger partial charge in [-0.1, -0.05) is 20.3 Å². The van der Waals surface area contributed by atoms with Gasteiger partial charge in [-0.3, -0.25) is 19.2 Å². The molecule has 3 saturated heterocycles. The number of aliphatic hydroxyl groups is 2. The molecule has 0 saturated carbocycles. The Morgan fingerprint density at radius 3 is 2.12 bits per heavy atom. The van der Waals surface area contributed by atoms with Crippen LogP contribution in [0.3, 0.4) is 0 Å². The van der Waals surface area contributed by atoms with Crippen molar-refractivity contribution in [3.63, 3.8) is 0 Å². The monoisotopic (exact) mass is 568 g/mol. The minimum absolute atomic E-state index is 0.0456. The zero-order valence-electron chi connectivity index (χ0n) is 23.3. The first kappa shape index (κ1) is 31.7. The van der Waals surface area contributed by atoms with Gasteiger partial charge in [0.15, 0.2) is 0 Å². The summed E-state index contributed by atoms with van der Waals surface area (Å²) in [4.78, 5) is 68.8. The molecule has 4 amide bonds. The number of amides is 4. The highest BCUT2D eigenvalue weighted by Crippen LogP contribution is 2.27. The topological polar surface area (TPSA) is 220 Å². The van der Waals surface area contributed by atoms with Gasteiger partial charge in [0.1, 0.15) is 24.2 Å². The van der Waals surface area contributed by atoms with E-state index in [4.69, 9.17) is 11.5 Å². The first-order chi connectivity index (χ1) is 18.9. The van der Waals surface area contributed by atoms with Crippen LogP contribution in [0, 0.1) is 5.92 Å². The number of hydrogen-bond donors (Lipinski definition) is 6. The van der Waals surface area contributed by atoms with Gasteiger partial charge in [0, 0.05) is 32.5 Å². The Labute approximate surface area is 234 Å². The Balaban J connectivity index is 1.72. The molecule has 3 heterocycles. The minimum atomic E-state index is -1.25. The molecule has 0 spiro atoms. The third-order valence-electron chi connectivity index (χ3n) is 8.05. The van der Waals surface area contributed by atoms with Gasteiger partial charge in [0.05, 0.1) is 18.2 Å². The van der Waals surface area contributed by atoms with Gasteiger partial charge in [-0.2, -0.15) is 0 Å². The normalized spacial score (nSPS) is 28.2. The summed E-state index contributed by atoms with van der Waals surface area (Å²) >= 11 is 0. The lowest BCUT2D eigenvalue weighted by Gasteiger charge is -2.33. The van der Waals surface area contributed by atoms with Gasteiger partial charge in [0.2, 0.25) is 23.6 Å². The summed E-state index contributed by atoms with van der Waals surface area (Å²) in [6.45, 7) is 3.98. The van der Waals surface area contributed by atoms with Crippen LogP contribution < -0.4 is 16.8 Å². The molecular weight excluding hydrogens is 524 g/mol. The molecule has 8 N–H and O–H groups in total. The van der Waals surface area contributed by atoms with Crippen molar-refractivity contribution in [2.24, 2.45) is 17.4 Å². The molecule has 14 nitrogen and oxygen atoms in total. The van der Waals surface area contributed by atoms with E-state index in [2.05, 4.69) is 5.32 Å². The van der Waals surface area contributed by atoms with E-state index in [1.54, 1.807) is 13.8 Å². The molecule has 14 heteroatoms. The fourth-order valence-corrected chi connectivity index (χ4v) is 5.86. The lowest BCUT2D eigenvalue weighted by atomic mass is 10.0. The van der Waals surface area contributed by atoms with Gasteiger partial charge >= 0.3 is 5.97 Å². The maximum atomic E-state index is 13.6. The molecule has 40 heavy (non-hydrogen) atoms. The molecule has 226 valence electrons. The largest absolute Gasteiger partial charge is 0.480 e. The number of unbranched alkanes of at least 4 members (excludes halogenated alkanes) is 1. The number of carboxylic acid groups (broad SMARTS) is 1. The van der Waals surface area contributed by atoms with E-state index in [9.17, 15) is 39.3 Å². The second kappa shape index (κ2) is 13.7. The van der Waals surface area contributed by atoms with Crippen molar-refractivity contribution in [2.45, 2.75) is 101 Å². The standard InChI is InChI=1S/C26H44N6O8/c1-14(2)21(25(38)32-13-16(34)11-20(32)26(39)40)29-22(35)19-10-15(33)12-31(19)24(37)18-7-5-9-30(18)23(36)17(28)6-3-4-8-27/h14-21,33-34H,3-13,27-28H2,1-2H3,(H,29,35)(H,39,40)/t15-,16-,17+,18+,19+,20+,21+/m1/s1. The number of β-amino-alcohol motifs (C(OH)–C–C–N with tert-alkyl or cyclic N) is 2. The van der Waals surface area contributed by atoms with E-state index in [0.717, 1.165) is 11.3 Å². The molecule has 0 aliphatic carbocycles. The first-order valence-electron chi connectivity index (χ1n) is 14.1. The van der Waals surface area contributed by atoms with Crippen molar-refractivity contribution in [3.05, 3.63) is 0 Å². The predicted octanol–water partition coefficient (Wildman–Crippen LogP) is -2.42. The molecule has 0 aromatic rings. The van der Waals surface area contributed by atoms with E-state index < -0.39 is 72.0 Å². The van der Waals surface area contributed by atoms with Crippen LogP contribution in [0.2, 0.25) is 0 Å². The third-order valence-corrected chi connectivity index (χ3v) is 8.05. The zero-order chi connectivity index (χ0) is 29.7. The van der Waals surface area contributed by atoms with E-state index >= 15 is 0 Å². The molecule has 3 aliphatic heterocycles. The fraction of sp³-hybridized carbons (Fsp3) is 0.808. The highest BCUT2D eigenvalue weighted by atomic mass is 16.4. The number of nitrogens with two attached hydrogens (primary N) is 2. The number of carbonyl (C=O) groups excluding carboxylic acids is 4. The smallest absolute Gasteiger partial charge is 0.326 e. The van der Waals surface area contributed by atoms with E-state index in [1.807, 2.05) is 0 Å². The lowest BCUT2D eigenvalue weighted by Crippen LogP contribution is -2.58. The van der Waals surface area contributed by atoms with Crippen molar-refractivity contribution < 1.29 is 39.3 Å². The van der Waals surface area contributed by atoms with Crippen LogP contribution in [-0.4, -0.2) is 128 Å². The van der Waals surface area contributed by atoms with Crippen molar-refractivity contribution in [3.8, 4) is 0 Å². The molecule has 0 unspecified atom stereocenters. The maximum Gasteiger partial charge on any atom is 0.326 e. The fourth-order valence-electron chi connectivity index (χ4n) is 5.86. The minimum Gasteiger partial charge on any atom is -0.480 e. The Hall–Kier alpha value is -2.81. The van der Waals surface area contributed by atoms with Crippen LogP contribution in [0.1, 0.15) is 58.8 Å². The number of rotatable bonds is 11. The summed E-state index contributed by atoms with van der Waals surface area (Å²) in [6, 6.07) is -4.96. The Morgan fingerprint density at radius 1 is 0.900 bits per heavy atom. The number of carboxylic acids is 1. The zero-order valence-corrected chi connectivity index (χ0v) is 23.3.